The molecule has 2 rings (SSSR count). The fourth-order valence-corrected chi connectivity index (χ4v) is 2.08. The van der Waals surface area contributed by atoms with Crippen LogP contribution in [0.2, 0.25) is 0 Å². The molecule has 0 saturated carbocycles. The molecule has 0 bridgehead atoms. The van der Waals surface area contributed by atoms with Gasteiger partial charge in [0.15, 0.2) is 0 Å². The van der Waals surface area contributed by atoms with Crippen LogP contribution in [0.4, 0.5) is 0 Å². The largest absolute Gasteiger partial charge is 0.464 e. The summed E-state index contributed by atoms with van der Waals surface area (Å²) in [7, 11) is 0. The molecule has 1 aromatic carbocycles. The van der Waals surface area contributed by atoms with Crippen molar-refractivity contribution in [1.82, 2.24) is 5.32 Å². The van der Waals surface area contributed by atoms with Crippen molar-refractivity contribution in [3.05, 3.63) is 46.7 Å². The van der Waals surface area contributed by atoms with Crippen molar-refractivity contribution >= 4 is 16.9 Å². The number of hydrogen-bond donors (Lipinski definition) is 1. The molecule has 3 heteroatoms. The molecule has 1 aromatic heterocycles. The highest BCUT2D eigenvalue weighted by Gasteiger charge is 2.11. The van der Waals surface area contributed by atoms with Gasteiger partial charge >= 0.3 is 0 Å². The van der Waals surface area contributed by atoms with E-state index in [9.17, 15) is 4.79 Å². The Balaban J connectivity index is 2.12. The van der Waals surface area contributed by atoms with Crippen molar-refractivity contribution in [2.75, 3.05) is 6.54 Å². The molecule has 106 valence electrons. The minimum Gasteiger partial charge on any atom is -0.464 e. The van der Waals surface area contributed by atoms with E-state index >= 15 is 0 Å². The molecule has 0 aliphatic rings. The van der Waals surface area contributed by atoms with Crippen LogP contribution in [-0.2, 0) is 11.2 Å². The van der Waals surface area contributed by atoms with Gasteiger partial charge < -0.3 is 9.73 Å². The number of furan rings is 1. The van der Waals surface area contributed by atoms with E-state index in [0.29, 0.717) is 13.0 Å². The van der Waals surface area contributed by atoms with Crippen LogP contribution in [0.15, 0.2) is 34.5 Å². The summed E-state index contributed by atoms with van der Waals surface area (Å²) >= 11 is 0. The number of aryl methyl sites for hydroxylation is 2. The number of benzene rings is 1. The average molecular weight is 271 g/mol. The van der Waals surface area contributed by atoms with Crippen molar-refractivity contribution in [2.45, 2.75) is 34.1 Å². The van der Waals surface area contributed by atoms with Crippen LogP contribution in [-0.4, -0.2) is 12.5 Å². The lowest BCUT2D eigenvalue weighted by Crippen LogP contribution is -2.25. The van der Waals surface area contributed by atoms with Crippen LogP contribution in [0.3, 0.4) is 0 Å². The van der Waals surface area contributed by atoms with E-state index in [-0.39, 0.29) is 5.91 Å². The van der Waals surface area contributed by atoms with Crippen LogP contribution in [0.5, 0.6) is 0 Å². The highest BCUT2D eigenvalue weighted by molar-refractivity contribution is 5.88. The van der Waals surface area contributed by atoms with E-state index in [1.165, 1.54) is 16.7 Å². The Labute approximate surface area is 119 Å². The normalized spacial score (nSPS) is 10.6. The van der Waals surface area contributed by atoms with E-state index < -0.39 is 0 Å². The molecular weight excluding hydrogens is 250 g/mol. The molecule has 0 unspecified atom stereocenters. The van der Waals surface area contributed by atoms with Crippen molar-refractivity contribution in [3.8, 4) is 0 Å². The third-order valence-corrected chi connectivity index (χ3v) is 3.43. The molecule has 1 amide bonds. The van der Waals surface area contributed by atoms with Crippen LogP contribution in [0, 0.1) is 13.8 Å². The Bertz CT molecular complexity index is 661. The number of fused-ring (bicyclic) bond motifs is 1. The van der Waals surface area contributed by atoms with E-state index in [2.05, 4.69) is 25.2 Å². The maximum absolute atomic E-state index is 11.9. The molecule has 0 saturated heterocycles. The summed E-state index contributed by atoms with van der Waals surface area (Å²) < 4.78 is 5.54. The molecule has 0 atom stereocenters. The summed E-state index contributed by atoms with van der Waals surface area (Å²) in [5, 5.41) is 3.92. The SMILES string of the molecule is CC(C)=CCNC(=O)Cc1coc2cc(C)c(C)cc12. The van der Waals surface area contributed by atoms with Crippen molar-refractivity contribution < 1.29 is 9.21 Å². The number of hydrogen-bond acceptors (Lipinski definition) is 2. The Morgan fingerprint density at radius 1 is 1.25 bits per heavy atom. The number of carbonyl (C=O) groups excluding carboxylic acids is 1. The van der Waals surface area contributed by atoms with Gasteiger partial charge in [0.1, 0.15) is 5.58 Å². The maximum atomic E-state index is 11.9. The Morgan fingerprint density at radius 2 is 1.95 bits per heavy atom. The number of rotatable bonds is 4. The maximum Gasteiger partial charge on any atom is 0.224 e. The summed E-state index contributed by atoms with van der Waals surface area (Å²) in [5.41, 5.74) is 5.40. The van der Waals surface area contributed by atoms with Crippen LogP contribution >= 0.6 is 0 Å². The van der Waals surface area contributed by atoms with Crippen LogP contribution in [0.25, 0.3) is 11.0 Å². The van der Waals surface area contributed by atoms with Gasteiger partial charge in [-0.05, 0) is 51.0 Å². The first kappa shape index (κ1) is 14.4. The van der Waals surface area contributed by atoms with Gasteiger partial charge in [0.05, 0.1) is 12.7 Å². The fraction of sp³-hybridized carbons (Fsp3) is 0.353. The molecular formula is C17H21NO2. The van der Waals surface area contributed by atoms with Gasteiger partial charge in [-0.15, -0.1) is 0 Å². The molecule has 3 nitrogen and oxygen atoms in total. The highest BCUT2D eigenvalue weighted by atomic mass is 16.3. The number of carbonyl (C=O) groups is 1. The van der Waals surface area contributed by atoms with Gasteiger partial charge in [0.2, 0.25) is 5.91 Å². The summed E-state index contributed by atoms with van der Waals surface area (Å²) in [4.78, 5) is 11.9. The minimum atomic E-state index is 0.0171. The zero-order chi connectivity index (χ0) is 14.7. The van der Waals surface area contributed by atoms with Crippen molar-refractivity contribution in [3.63, 3.8) is 0 Å². The first-order valence-corrected chi connectivity index (χ1v) is 6.84. The van der Waals surface area contributed by atoms with E-state index in [0.717, 1.165) is 16.5 Å². The smallest absolute Gasteiger partial charge is 0.224 e. The highest BCUT2D eigenvalue weighted by Crippen LogP contribution is 2.25. The van der Waals surface area contributed by atoms with Gasteiger partial charge in [-0.3, -0.25) is 4.79 Å². The topological polar surface area (TPSA) is 42.2 Å². The van der Waals surface area contributed by atoms with Gasteiger partial charge in [-0.25, -0.2) is 0 Å². The molecule has 0 spiro atoms. The minimum absolute atomic E-state index is 0.0171. The number of allylic oxidation sites excluding steroid dienone is 1. The van der Waals surface area contributed by atoms with E-state index in [1.54, 1.807) is 6.26 Å². The predicted octanol–water partition coefficient (Wildman–Crippen LogP) is 3.67. The van der Waals surface area contributed by atoms with Crippen LogP contribution < -0.4 is 5.32 Å². The first-order chi connectivity index (χ1) is 9.47. The van der Waals surface area contributed by atoms with Gasteiger partial charge in [0, 0.05) is 17.5 Å². The lowest BCUT2D eigenvalue weighted by Gasteiger charge is -2.03. The molecule has 0 fully saturated rings. The lowest BCUT2D eigenvalue weighted by molar-refractivity contribution is -0.120. The Kier molecular flexibility index (Phi) is 4.28. The molecule has 20 heavy (non-hydrogen) atoms. The Hall–Kier alpha value is -2.03. The molecule has 2 aromatic rings. The average Bonchev–Trinajstić information content (AvgIpc) is 2.72. The van der Waals surface area contributed by atoms with Gasteiger partial charge in [-0.1, -0.05) is 11.6 Å². The molecule has 0 radical (unpaired) electrons. The third kappa shape index (κ3) is 3.29. The summed E-state index contributed by atoms with van der Waals surface area (Å²) in [5.74, 6) is 0.0171. The lowest BCUT2D eigenvalue weighted by atomic mass is 10.0. The second-order valence-electron chi connectivity index (χ2n) is 5.46. The summed E-state index contributed by atoms with van der Waals surface area (Å²) in [6.45, 7) is 8.74. The van der Waals surface area contributed by atoms with Gasteiger partial charge in [-0.2, -0.15) is 0 Å². The third-order valence-electron chi connectivity index (χ3n) is 3.43. The fourth-order valence-electron chi connectivity index (χ4n) is 2.08. The predicted molar refractivity (Wildman–Crippen MR) is 81.8 cm³/mol. The zero-order valence-electron chi connectivity index (χ0n) is 12.5. The van der Waals surface area contributed by atoms with Gasteiger partial charge in [0.25, 0.3) is 0 Å². The van der Waals surface area contributed by atoms with Crippen molar-refractivity contribution in [2.24, 2.45) is 0 Å². The second-order valence-corrected chi connectivity index (χ2v) is 5.46. The summed E-state index contributed by atoms with van der Waals surface area (Å²) in [6, 6.07) is 4.11. The molecule has 1 heterocycles. The van der Waals surface area contributed by atoms with E-state index in [1.807, 2.05) is 26.0 Å². The van der Waals surface area contributed by atoms with Crippen molar-refractivity contribution in [1.29, 1.82) is 0 Å². The number of nitrogens with one attached hydrogen (secondary N) is 1. The monoisotopic (exact) mass is 271 g/mol. The van der Waals surface area contributed by atoms with E-state index in [4.69, 9.17) is 4.42 Å². The standard InChI is InChI=1S/C17H21NO2/c1-11(2)5-6-18-17(19)9-14-10-20-16-8-13(4)12(3)7-15(14)16/h5,7-8,10H,6,9H2,1-4H3,(H,18,19). The Morgan fingerprint density at radius 3 is 2.65 bits per heavy atom. The second kappa shape index (κ2) is 5.95. The number of amides is 1. The quantitative estimate of drug-likeness (QED) is 0.862. The molecule has 0 aliphatic heterocycles. The molecule has 0 aliphatic carbocycles. The molecule has 1 N–H and O–H groups in total. The van der Waals surface area contributed by atoms with Crippen LogP contribution in [0.1, 0.15) is 30.5 Å². The zero-order valence-corrected chi connectivity index (χ0v) is 12.5. The summed E-state index contributed by atoms with van der Waals surface area (Å²) in [6.07, 6.45) is 4.04. The first-order valence-electron chi connectivity index (χ1n) is 6.84.